The third-order valence-corrected chi connectivity index (χ3v) is 14.4. The van der Waals surface area contributed by atoms with Crippen molar-refractivity contribution in [2.45, 2.75) is 161 Å². The first kappa shape index (κ1) is 51.8. The Bertz CT molecular complexity index is 2150. The number of hydrogen-bond donors (Lipinski definition) is 1. The molecular weight excluding hydrogens is 868 g/mol. The number of methoxy groups -OCH3 is 1. The van der Waals surface area contributed by atoms with Crippen LogP contribution in [0, 0.1) is 23.7 Å². The minimum absolute atomic E-state index is 0.0722. The zero-order valence-electron chi connectivity index (χ0n) is 40.7. The third kappa shape index (κ3) is 11.3. The second kappa shape index (κ2) is 22.2. The zero-order valence-corrected chi connectivity index (χ0v) is 40.7. The SMILES string of the molecule is CC[C@H]1OC(=O)[C@H](C)[C@@H](OC(=O)Cc2cccnc2)[C@H](C)[C@@H](O[C@H]2O[C@@H](C)C[C@@H](N(C)CCF)[C@@H]2O)[C@](C)(OC)C[C@@H](C)C(=O)[C@H](C)[C@H]2N(CCCCn3cnc4cccnc43)C(=O)O[C@]12C. The second-order valence-electron chi connectivity index (χ2n) is 19.3. The van der Waals surface area contributed by atoms with Gasteiger partial charge in [0.1, 0.15) is 36.3 Å². The van der Waals surface area contributed by atoms with Crippen molar-refractivity contribution in [1.82, 2.24) is 29.3 Å². The van der Waals surface area contributed by atoms with Gasteiger partial charge in [0.25, 0.3) is 0 Å². The number of aromatic nitrogens is 4. The molecule has 3 saturated heterocycles. The molecule has 6 rings (SSSR count). The number of unbranched alkanes of at least 4 members (excludes halogenated alkanes) is 1. The summed E-state index contributed by atoms with van der Waals surface area (Å²) in [5, 5.41) is 11.8. The lowest BCUT2D eigenvalue weighted by molar-refractivity contribution is -0.302. The van der Waals surface area contributed by atoms with Crippen molar-refractivity contribution in [3.63, 3.8) is 0 Å². The monoisotopic (exact) mass is 939 g/mol. The Morgan fingerprint density at radius 3 is 2.45 bits per heavy atom. The lowest BCUT2D eigenvalue weighted by atomic mass is 9.73. The fourth-order valence-corrected chi connectivity index (χ4v) is 10.8. The van der Waals surface area contributed by atoms with Gasteiger partial charge in [-0.3, -0.25) is 24.3 Å². The zero-order chi connectivity index (χ0) is 48.8. The summed E-state index contributed by atoms with van der Waals surface area (Å²) in [5.74, 6) is -5.08. The molecule has 0 radical (unpaired) electrons. The van der Waals surface area contributed by atoms with Gasteiger partial charge in [0.15, 0.2) is 17.5 Å². The lowest BCUT2D eigenvalue weighted by Gasteiger charge is -2.48. The second-order valence-corrected chi connectivity index (χ2v) is 19.3. The van der Waals surface area contributed by atoms with Crippen LogP contribution >= 0.6 is 0 Å². The minimum atomic E-state index is -1.46. The summed E-state index contributed by atoms with van der Waals surface area (Å²) in [7, 11) is 3.22. The molecule has 14 atom stereocenters. The van der Waals surface area contributed by atoms with Crippen molar-refractivity contribution >= 4 is 35.0 Å². The number of hydrogen-bond acceptors (Lipinski definition) is 15. The number of likely N-dealkylation sites (N-methyl/N-ethyl adjacent to an activating group) is 1. The highest BCUT2D eigenvalue weighted by atomic mass is 19.1. The Labute approximate surface area is 393 Å². The van der Waals surface area contributed by atoms with Gasteiger partial charge in [-0.05, 0) is 90.6 Å². The van der Waals surface area contributed by atoms with Crippen LogP contribution < -0.4 is 0 Å². The first-order chi connectivity index (χ1) is 31.9. The standard InChI is InChI=1S/C49H71FN6O11/c1-11-37-49(8)42(56(47(61)67-49)22-13-12-21-55-28-53-35-17-15-20-52-44(35)55)31(4)39(58)29(2)26-48(7,62-10)43(66-46-40(59)36(24-30(3)63-46)54(9)23-18-50)32(5)41(33(6)45(60)64-37)65-38(57)25-34-16-14-19-51-27-34/h14-17,19-20,27-33,36-37,40-43,46,59H,11-13,18,21-26H2,1-10H3/t29-,30+,31+,32+,33-,36-,37-,40+,41+,42-,43-,46-,48-,49-/m1/s1. The van der Waals surface area contributed by atoms with Crippen molar-refractivity contribution in [2.24, 2.45) is 23.7 Å². The number of ketones is 1. The Morgan fingerprint density at radius 2 is 1.76 bits per heavy atom. The summed E-state index contributed by atoms with van der Waals surface area (Å²) in [6.07, 6.45) is 1.50. The molecule has 3 aromatic rings. The summed E-state index contributed by atoms with van der Waals surface area (Å²) in [6.45, 7) is 14.4. The molecule has 0 saturated carbocycles. The molecular formula is C49H71FN6O11. The number of ether oxygens (including phenoxy) is 6. The highest BCUT2D eigenvalue weighted by Crippen LogP contribution is 2.44. The Balaban J connectivity index is 1.37. The number of amides is 1. The van der Waals surface area contributed by atoms with E-state index in [4.69, 9.17) is 28.4 Å². The summed E-state index contributed by atoms with van der Waals surface area (Å²) < 4.78 is 54.0. The van der Waals surface area contributed by atoms with E-state index in [-0.39, 0.29) is 38.1 Å². The van der Waals surface area contributed by atoms with Gasteiger partial charge in [0.05, 0.1) is 42.5 Å². The van der Waals surface area contributed by atoms with Crippen LogP contribution in [0.2, 0.25) is 0 Å². The molecule has 370 valence electrons. The van der Waals surface area contributed by atoms with Crippen LogP contribution in [0.3, 0.4) is 0 Å². The molecule has 17 nitrogen and oxygen atoms in total. The number of nitrogens with zero attached hydrogens (tertiary/aromatic N) is 6. The van der Waals surface area contributed by atoms with Crippen LogP contribution in [-0.4, -0.2) is 152 Å². The van der Waals surface area contributed by atoms with E-state index in [1.165, 1.54) is 7.11 Å². The maximum absolute atomic E-state index is 15.0. The van der Waals surface area contributed by atoms with Crippen LogP contribution in [-0.2, 0) is 55.8 Å². The topological polar surface area (TPSA) is 194 Å². The first-order valence-electron chi connectivity index (χ1n) is 23.8. The van der Waals surface area contributed by atoms with Gasteiger partial charge >= 0.3 is 18.0 Å². The van der Waals surface area contributed by atoms with Crippen molar-refractivity contribution in [3.05, 3.63) is 54.7 Å². The molecule has 0 aromatic carbocycles. The molecule has 3 aliphatic rings. The van der Waals surface area contributed by atoms with E-state index in [1.54, 1.807) is 95.4 Å². The third-order valence-electron chi connectivity index (χ3n) is 14.4. The van der Waals surface area contributed by atoms with E-state index in [2.05, 4.69) is 15.0 Å². The molecule has 3 aliphatic heterocycles. The van der Waals surface area contributed by atoms with Crippen LogP contribution in [0.5, 0.6) is 0 Å². The number of pyridine rings is 2. The van der Waals surface area contributed by atoms with E-state index in [0.29, 0.717) is 31.4 Å². The van der Waals surface area contributed by atoms with Crippen molar-refractivity contribution in [1.29, 1.82) is 0 Å². The number of alkyl halides is 1. The van der Waals surface area contributed by atoms with Gasteiger partial charge in [0, 0.05) is 69.1 Å². The molecule has 1 amide bonds. The lowest BCUT2D eigenvalue weighted by Crippen LogP contribution is -2.61. The van der Waals surface area contributed by atoms with Gasteiger partial charge in [-0.15, -0.1) is 0 Å². The molecule has 1 N–H and O–H groups in total. The molecule has 18 heteroatoms. The summed E-state index contributed by atoms with van der Waals surface area (Å²) in [5.41, 5.74) is -0.688. The number of carbonyl (C=O) groups is 4. The number of carbonyl (C=O) groups excluding carboxylic acids is 4. The molecule has 0 aliphatic carbocycles. The molecule has 0 bridgehead atoms. The average Bonchev–Trinajstić information content (AvgIpc) is 3.84. The van der Waals surface area contributed by atoms with E-state index in [9.17, 15) is 23.9 Å². The van der Waals surface area contributed by atoms with Gasteiger partial charge in [-0.25, -0.2) is 19.2 Å². The minimum Gasteiger partial charge on any atom is -0.461 e. The van der Waals surface area contributed by atoms with Crippen LogP contribution in [0.4, 0.5) is 9.18 Å². The number of Topliss-reactive ketones (excluding diaryl/α,β-unsaturated/α-hetero) is 1. The Hall–Kier alpha value is -4.62. The van der Waals surface area contributed by atoms with E-state index < -0.39 is 108 Å². The predicted molar refractivity (Wildman–Crippen MR) is 244 cm³/mol. The molecule has 3 aromatic heterocycles. The number of imidazole rings is 1. The first-order valence-corrected chi connectivity index (χ1v) is 23.8. The molecule has 67 heavy (non-hydrogen) atoms. The normalized spacial score (nSPS) is 34.4. The fourth-order valence-electron chi connectivity index (χ4n) is 10.8. The van der Waals surface area contributed by atoms with E-state index in [1.807, 2.05) is 30.5 Å². The van der Waals surface area contributed by atoms with Crippen molar-refractivity contribution in [3.8, 4) is 0 Å². The number of esters is 2. The highest BCUT2D eigenvalue weighted by Gasteiger charge is 2.60. The summed E-state index contributed by atoms with van der Waals surface area (Å²) >= 11 is 0. The quantitative estimate of drug-likeness (QED) is 0.110. The smallest absolute Gasteiger partial charge is 0.410 e. The molecule has 0 spiro atoms. The molecule has 6 heterocycles. The summed E-state index contributed by atoms with van der Waals surface area (Å²) in [6, 6.07) is 5.79. The number of aryl methyl sites for hydroxylation is 1. The van der Waals surface area contributed by atoms with E-state index in [0.717, 1.165) is 11.2 Å². The number of aliphatic hydroxyl groups is 1. The highest BCUT2D eigenvalue weighted by molar-refractivity contribution is 5.85. The van der Waals surface area contributed by atoms with E-state index >= 15 is 4.79 Å². The van der Waals surface area contributed by atoms with Crippen LogP contribution in [0.15, 0.2) is 49.2 Å². The maximum Gasteiger partial charge on any atom is 0.410 e. The Kier molecular flexibility index (Phi) is 17.2. The van der Waals surface area contributed by atoms with Crippen LogP contribution in [0.1, 0.15) is 93.1 Å². The summed E-state index contributed by atoms with van der Waals surface area (Å²) in [4.78, 5) is 74.1. The molecule has 3 fully saturated rings. The van der Waals surface area contributed by atoms with Gasteiger partial charge in [-0.2, -0.15) is 0 Å². The van der Waals surface area contributed by atoms with Gasteiger partial charge < -0.3 is 43.0 Å². The number of cyclic esters (lactones) is 1. The van der Waals surface area contributed by atoms with Crippen molar-refractivity contribution in [2.75, 3.05) is 33.9 Å². The number of halogens is 1. The van der Waals surface area contributed by atoms with Crippen LogP contribution in [0.25, 0.3) is 11.2 Å². The fraction of sp³-hybridized carbons (Fsp3) is 0.694. The van der Waals surface area contributed by atoms with Gasteiger partial charge in [0.2, 0.25) is 0 Å². The Morgan fingerprint density at radius 1 is 1.03 bits per heavy atom. The van der Waals surface area contributed by atoms with Gasteiger partial charge in [-0.1, -0.05) is 33.8 Å². The number of rotatable bonds is 15. The number of fused-ring (bicyclic) bond motifs is 2. The predicted octanol–water partition coefficient (Wildman–Crippen LogP) is 5.74. The maximum atomic E-state index is 15.0. The van der Waals surface area contributed by atoms with Crippen molar-refractivity contribution < 1.29 is 57.1 Å². The number of aliphatic hydroxyl groups excluding tert-OH is 1. The molecule has 0 unspecified atom stereocenters. The average molecular weight is 939 g/mol. The largest absolute Gasteiger partial charge is 0.461 e.